The van der Waals surface area contributed by atoms with Gasteiger partial charge >= 0.3 is 0 Å². The summed E-state index contributed by atoms with van der Waals surface area (Å²) in [7, 11) is 0. The van der Waals surface area contributed by atoms with E-state index in [9.17, 15) is 0 Å². The van der Waals surface area contributed by atoms with E-state index in [1.807, 2.05) is 0 Å². The predicted octanol–water partition coefficient (Wildman–Crippen LogP) is 3.02. The Balaban J connectivity index is 2.33. The number of fused-ring (bicyclic) bond motifs is 2. The topological polar surface area (TPSA) is 35.2 Å². The number of benzene rings is 1. The van der Waals surface area contributed by atoms with E-state index in [1.54, 1.807) is 0 Å². The largest absolute Gasteiger partial charge is 0.490 e. The molecule has 1 aliphatic heterocycles. The molecule has 0 bridgehead atoms. The summed E-state index contributed by atoms with van der Waals surface area (Å²) in [6, 6.07) is 0. The molecule has 0 saturated carbocycles. The van der Waals surface area contributed by atoms with Crippen LogP contribution < -0.4 is 10.5 Å². The Morgan fingerprint density at radius 2 is 2.07 bits per heavy atom. The molecule has 3 rings (SSSR count). The Morgan fingerprint density at radius 1 is 1.33 bits per heavy atom. The van der Waals surface area contributed by atoms with Crippen LogP contribution in [0.2, 0.25) is 0 Å². The monoisotopic (exact) mass is 267 g/mol. The molecule has 0 fully saturated rings. The smallest absolute Gasteiger partial charge is 0.147 e. The lowest BCUT2D eigenvalue weighted by atomic mass is 9.97. The standard InChI is InChI=1S/C12H14BrNO/c1-6-5-15-12-9(6)10(13)7-3-2-4-8(7)11(12)14/h6H,2-5,14H2,1H3. The number of ether oxygens (including phenoxy) is 1. The van der Waals surface area contributed by atoms with Gasteiger partial charge in [0, 0.05) is 16.0 Å². The van der Waals surface area contributed by atoms with Crippen LogP contribution in [0, 0.1) is 0 Å². The molecular formula is C12H14BrNO. The number of rotatable bonds is 0. The first kappa shape index (κ1) is 9.52. The zero-order chi connectivity index (χ0) is 10.6. The molecule has 1 heterocycles. The predicted molar refractivity (Wildman–Crippen MR) is 64.5 cm³/mol. The molecule has 1 unspecified atom stereocenters. The highest BCUT2D eigenvalue weighted by atomic mass is 79.9. The van der Waals surface area contributed by atoms with Crippen molar-refractivity contribution < 1.29 is 4.74 Å². The van der Waals surface area contributed by atoms with E-state index in [1.165, 1.54) is 27.6 Å². The number of halogens is 1. The van der Waals surface area contributed by atoms with Gasteiger partial charge in [0.15, 0.2) is 0 Å². The molecule has 1 atom stereocenters. The second kappa shape index (κ2) is 3.14. The van der Waals surface area contributed by atoms with E-state index >= 15 is 0 Å². The normalized spacial score (nSPS) is 22.4. The highest BCUT2D eigenvalue weighted by Gasteiger charge is 2.31. The van der Waals surface area contributed by atoms with E-state index < -0.39 is 0 Å². The van der Waals surface area contributed by atoms with Crippen molar-refractivity contribution in [2.45, 2.75) is 32.1 Å². The molecule has 0 aromatic heterocycles. The van der Waals surface area contributed by atoms with Crippen molar-refractivity contribution in [2.75, 3.05) is 12.3 Å². The lowest BCUT2D eigenvalue weighted by Crippen LogP contribution is -1.99. The van der Waals surface area contributed by atoms with Gasteiger partial charge in [0.1, 0.15) is 5.75 Å². The summed E-state index contributed by atoms with van der Waals surface area (Å²) in [5, 5.41) is 0. The van der Waals surface area contributed by atoms with Gasteiger partial charge in [0.05, 0.1) is 12.3 Å². The first-order chi connectivity index (χ1) is 7.20. The molecule has 15 heavy (non-hydrogen) atoms. The Morgan fingerprint density at radius 3 is 2.87 bits per heavy atom. The van der Waals surface area contributed by atoms with Crippen LogP contribution in [-0.4, -0.2) is 6.61 Å². The summed E-state index contributed by atoms with van der Waals surface area (Å²) < 4.78 is 6.95. The minimum atomic E-state index is 0.461. The average molecular weight is 268 g/mol. The SMILES string of the molecule is CC1COc2c(N)c3c(c(Br)c21)CCC3. The molecule has 1 aliphatic carbocycles. The van der Waals surface area contributed by atoms with Crippen LogP contribution in [0.3, 0.4) is 0 Å². The van der Waals surface area contributed by atoms with Gasteiger partial charge in [-0.05, 0) is 30.4 Å². The number of nitrogen functional groups attached to an aromatic ring is 1. The summed E-state index contributed by atoms with van der Waals surface area (Å²) in [5.74, 6) is 1.40. The highest BCUT2D eigenvalue weighted by molar-refractivity contribution is 9.10. The van der Waals surface area contributed by atoms with Crippen molar-refractivity contribution in [3.05, 3.63) is 21.2 Å². The Bertz CT molecular complexity index is 442. The molecule has 2 nitrogen and oxygen atoms in total. The molecule has 0 amide bonds. The van der Waals surface area contributed by atoms with Crippen molar-refractivity contribution >= 4 is 21.6 Å². The molecule has 1 aromatic carbocycles. The summed E-state index contributed by atoms with van der Waals surface area (Å²) in [4.78, 5) is 0. The lowest BCUT2D eigenvalue weighted by molar-refractivity contribution is 0.338. The maximum Gasteiger partial charge on any atom is 0.147 e. The summed E-state index contributed by atoms with van der Waals surface area (Å²) >= 11 is 3.72. The van der Waals surface area contributed by atoms with Gasteiger partial charge in [-0.1, -0.05) is 22.9 Å². The van der Waals surface area contributed by atoms with Crippen molar-refractivity contribution in [2.24, 2.45) is 0 Å². The van der Waals surface area contributed by atoms with Crippen LogP contribution in [0.1, 0.15) is 36.0 Å². The van der Waals surface area contributed by atoms with E-state index in [0.717, 1.165) is 30.9 Å². The third-order valence-electron chi connectivity index (χ3n) is 3.50. The van der Waals surface area contributed by atoms with Gasteiger partial charge < -0.3 is 10.5 Å². The first-order valence-electron chi connectivity index (χ1n) is 5.45. The summed E-state index contributed by atoms with van der Waals surface area (Å²) in [6.45, 7) is 2.96. The van der Waals surface area contributed by atoms with Crippen LogP contribution in [0.15, 0.2) is 4.47 Å². The van der Waals surface area contributed by atoms with Gasteiger partial charge in [-0.3, -0.25) is 0 Å². The van der Waals surface area contributed by atoms with E-state index in [-0.39, 0.29) is 0 Å². The average Bonchev–Trinajstić information content (AvgIpc) is 2.80. The summed E-state index contributed by atoms with van der Waals surface area (Å²) in [5.41, 5.74) is 11.1. The first-order valence-corrected chi connectivity index (χ1v) is 6.24. The molecule has 80 valence electrons. The fourth-order valence-electron chi connectivity index (χ4n) is 2.71. The summed E-state index contributed by atoms with van der Waals surface area (Å²) in [6.07, 6.45) is 3.47. The Kier molecular flexibility index (Phi) is 2.00. The maximum absolute atomic E-state index is 6.17. The molecule has 2 aliphatic rings. The highest BCUT2D eigenvalue weighted by Crippen LogP contribution is 2.49. The zero-order valence-electron chi connectivity index (χ0n) is 8.77. The number of hydrogen-bond donors (Lipinski definition) is 1. The Labute approximate surface area is 97.9 Å². The Hall–Kier alpha value is -0.700. The van der Waals surface area contributed by atoms with Crippen LogP contribution in [-0.2, 0) is 12.8 Å². The number of anilines is 1. The van der Waals surface area contributed by atoms with Crippen molar-refractivity contribution in [1.82, 2.24) is 0 Å². The second-order valence-electron chi connectivity index (χ2n) is 4.49. The van der Waals surface area contributed by atoms with Crippen LogP contribution in [0.5, 0.6) is 5.75 Å². The lowest BCUT2D eigenvalue weighted by Gasteiger charge is -2.13. The zero-order valence-corrected chi connectivity index (χ0v) is 10.4. The minimum Gasteiger partial charge on any atom is -0.490 e. The van der Waals surface area contributed by atoms with Gasteiger partial charge in [-0.15, -0.1) is 0 Å². The van der Waals surface area contributed by atoms with Crippen LogP contribution >= 0.6 is 15.9 Å². The molecule has 1 aromatic rings. The second-order valence-corrected chi connectivity index (χ2v) is 5.29. The van der Waals surface area contributed by atoms with Crippen LogP contribution in [0.25, 0.3) is 0 Å². The van der Waals surface area contributed by atoms with E-state index in [4.69, 9.17) is 10.5 Å². The number of nitrogens with two attached hydrogens (primary N) is 1. The quantitative estimate of drug-likeness (QED) is 0.734. The number of hydrogen-bond acceptors (Lipinski definition) is 2. The molecule has 0 radical (unpaired) electrons. The van der Waals surface area contributed by atoms with Gasteiger partial charge in [0.2, 0.25) is 0 Å². The third kappa shape index (κ3) is 1.16. The van der Waals surface area contributed by atoms with E-state index in [0.29, 0.717) is 5.92 Å². The van der Waals surface area contributed by atoms with Gasteiger partial charge in [0.25, 0.3) is 0 Å². The molecule has 2 N–H and O–H groups in total. The third-order valence-corrected chi connectivity index (χ3v) is 4.41. The molecule has 0 spiro atoms. The van der Waals surface area contributed by atoms with Crippen molar-refractivity contribution in [3.63, 3.8) is 0 Å². The molecular weight excluding hydrogens is 254 g/mol. The maximum atomic E-state index is 6.17. The molecule has 3 heteroatoms. The van der Waals surface area contributed by atoms with Crippen molar-refractivity contribution in [1.29, 1.82) is 0 Å². The minimum absolute atomic E-state index is 0.461. The fraction of sp³-hybridized carbons (Fsp3) is 0.500. The van der Waals surface area contributed by atoms with Crippen molar-refractivity contribution in [3.8, 4) is 5.75 Å². The van der Waals surface area contributed by atoms with Crippen LogP contribution in [0.4, 0.5) is 5.69 Å². The molecule has 0 saturated heterocycles. The van der Waals surface area contributed by atoms with Gasteiger partial charge in [-0.25, -0.2) is 0 Å². The fourth-order valence-corrected chi connectivity index (χ4v) is 3.72. The van der Waals surface area contributed by atoms with Gasteiger partial charge in [-0.2, -0.15) is 0 Å². The van der Waals surface area contributed by atoms with E-state index in [2.05, 4.69) is 22.9 Å².